The minimum Gasteiger partial charge on any atom is -0.480 e. The number of carbonyl (C=O) groups excluding carboxylic acids is 1. The number of sulfonamides is 1. The Balaban J connectivity index is 2.78. The van der Waals surface area contributed by atoms with E-state index in [0.717, 1.165) is 6.26 Å². The summed E-state index contributed by atoms with van der Waals surface area (Å²) in [7, 11) is -1.77. The minimum absolute atomic E-state index is 0.219. The van der Waals surface area contributed by atoms with Gasteiger partial charge in [-0.15, -0.1) is 0 Å². The maximum Gasteiger partial charge on any atom is 0.323 e. The highest BCUT2D eigenvalue weighted by molar-refractivity contribution is 7.88. The quantitative estimate of drug-likeness (QED) is 0.679. The molecule has 1 unspecified atom stereocenters. The fraction of sp³-hybridized carbons (Fsp3) is 0.846. The molecule has 0 saturated carbocycles. The van der Waals surface area contributed by atoms with Crippen molar-refractivity contribution in [2.45, 2.75) is 25.8 Å². The second kappa shape index (κ2) is 7.89. The number of carbonyl (C=O) groups is 2. The molecule has 1 heterocycles. The van der Waals surface area contributed by atoms with Gasteiger partial charge in [-0.2, -0.15) is 0 Å². The van der Waals surface area contributed by atoms with Crippen molar-refractivity contribution in [3.63, 3.8) is 0 Å². The summed E-state index contributed by atoms with van der Waals surface area (Å²) >= 11 is 0. The molecule has 0 aromatic rings. The van der Waals surface area contributed by atoms with E-state index in [1.54, 1.807) is 6.92 Å². The molecule has 1 atom stereocenters. The third-order valence-corrected chi connectivity index (χ3v) is 5.06. The highest BCUT2D eigenvalue weighted by atomic mass is 32.2. The maximum absolute atomic E-state index is 12.4. The van der Waals surface area contributed by atoms with Crippen LogP contribution < -0.4 is 0 Å². The van der Waals surface area contributed by atoms with E-state index in [9.17, 15) is 18.0 Å². The molecule has 1 N–H and O–H groups in total. The first-order chi connectivity index (χ1) is 10.2. The molecule has 1 amide bonds. The van der Waals surface area contributed by atoms with Crippen LogP contribution in [0.3, 0.4) is 0 Å². The van der Waals surface area contributed by atoms with Gasteiger partial charge in [-0.05, 0) is 12.8 Å². The van der Waals surface area contributed by atoms with Crippen LogP contribution >= 0.6 is 0 Å². The molecule has 1 fully saturated rings. The number of hydrogen-bond acceptors (Lipinski definition) is 5. The molecule has 0 aromatic heterocycles. The lowest BCUT2D eigenvalue weighted by Crippen LogP contribution is -2.51. The monoisotopic (exact) mass is 336 g/mol. The van der Waals surface area contributed by atoms with Crippen molar-refractivity contribution in [2.75, 3.05) is 39.6 Å². The zero-order valence-corrected chi connectivity index (χ0v) is 14.0. The minimum atomic E-state index is -3.25. The van der Waals surface area contributed by atoms with Gasteiger partial charge in [-0.1, -0.05) is 6.92 Å². The maximum atomic E-state index is 12.4. The van der Waals surface area contributed by atoms with Crippen LogP contribution in [0.1, 0.15) is 19.8 Å². The summed E-state index contributed by atoms with van der Waals surface area (Å²) in [6.07, 6.45) is 2.02. The summed E-state index contributed by atoms with van der Waals surface area (Å²) in [6, 6.07) is -0.263. The molecule has 0 bridgehead atoms. The number of nitrogens with zero attached hydrogens (tertiary/aromatic N) is 2. The Kier molecular flexibility index (Phi) is 6.76. The average molecular weight is 336 g/mol. The van der Waals surface area contributed by atoms with Crippen LogP contribution in [0.2, 0.25) is 0 Å². The Hall–Kier alpha value is -1.19. The normalized spacial score (nSPS) is 18.9. The molecular weight excluding hydrogens is 312 g/mol. The topological polar surface area (TPSA) is 104 Å². The van der Waals surface area contributed by atoms with Crippen LogP contribution in [0.15, 0.2) is 0 Å². The van der Waals surface area contributed by atoms with E-state index in [2.05, 4.69) is 0 Å². The Morgan fingerprint density at radius 3 is 2.32 bits per heavy atom. The van der Waals surface area contributed by atoms with Crippen molar-refractivity contribution in [2.24, 2.45) is 5.92 Å². The zero-order valence-electron chi connectivity index (χ0n) is 13.2. The molecule has 8 nitrogen and oxygen atoms in total. The lowest BCUT2D eigenvalue weighted by atomic mass is 10.0. The zero-order chi connectivity index (χ0) is 16.9. The SMILES string of the molecule is COCC(C)C(=O)N(CC(=O)O)C1CCN(S(C)(=O)=O)CC1. The van der Waals surface area contributed by atoms with Crippen LogP contribution in [-0.4, -0.2) is 80.3 Å². The van der Waals surface area contributed by atoms with E-state index in [1.165, 1.54) is 16.3 Å². The second-order valence-electron chi connectivity index (χ2n) is 5.61. The second-order valence-corrected chi connectivity index (χ2v) is 7.59. The van der Waals surface area contributed by atoms with Crippen molar-refractivity contribution >= 4 is 21.9 Å². The number of aliphatic carboxylic acids is 1. The summed E-state index contributed by atoms with van der Waals surface area (Å²) in [5.74, 6) is -1.79. The molecule has 128 valence electrons. The van der Waals surface area contributed by atoms with Gasteiger partial charge in [0.1, 0.15) is 6.54 Å². The molecule has 1 aliphatic rings. The van der Waals surface area contributed by atoms with Gasteiger partial charge in [0.15, 0.2) is 0 Å². The van der Waals surface area contributed by atoms with Gasteiger partial charge in [0.25, 0.3) is 0 Å². The summed E-state index contributed by atoms with van der Waals surface area (Å²) in [5.41, 5.74) is 0. The Morgan fingerprint density at radius 1 is 1.36 bits per heavy atom. The average Bonchev–Trinajstić information content (AvgIpc) is 2.43. The van der Waals surface area contributed by atoms with E-state index >= 15 is 0 Å². The Labute approximate surface area is 131 Å². The number of hydrogen-bond donors (Lipinski definition) is 1. The first kappa shape index (κ1) is 18.9. The molecule has 0 aromatic carbocycles. The van der Waals surface area contributed by atoms with Gasteiger partial charge >= 0.3 is 5.97 Å². The number of piperidine rings is 1. The number of amides is 1. The largest absolute Gasteiger partial charge is 0.480 e. The lowest BCUT2D eigenvalue weighted by molar-refractivity contribution is -0.149. The first-order valence-electron chi connectivity index (χ1n) is 7.13. The predicted octanol–water partition coefficient (Wildman–Crippen LogP) is -0.394. The fourth-order valence-electron chi connectivity index (χ4n) is 2.62. The number of rotatable bonds is 7. The van der Waals surface area contributed by atoms with E-state index < -0.39 is 21.9 Å². The van der Waals surface area contributed by atoms with Gasteiger partial charge in [0, 0.05) is 26.2 Å². The Bertz CT molecular complexity index is 499. The molecule has 22 heavy (non-hydrogen) atoms. The molecule has 9 heteroatoms. The number of ether oxygens (including phenoxy) is 1. The number of carboxylic acids is 1. The molecule has 1 saturated heterocycles. The van der Waals surface area contributed by atoms with Gasteiger partial charge in [-0.3, -0.25) is 9.59 Å². The number of carboxylic acid groups (broad SMARTS) is 1. The summed E-state index contributed by atoms with van der Waals surface area (Å²) in [6.45, 7) is 2.12. The molecule has 0 aliphatic carbocycles. The van der Waals surface area contributed by atoms with E-state index in [1.807, 2.05) is 0 Å². The summed E-state index contributed by atoms with van der Waals surface area (Å²) in [5, 5.41) is 9.02. The van der Waals surface area contributed by atoms with Crippen molar-refractivity contribution < 1.29 is 27.9 Å². The van der Waals surface area contributed by atoms with Gasteiger partial charge in [0.2, 0.25) is 15.9 Å². The lowest BCUT2D eigenvalue weighted by Gasteiger charge is -2.38. The molecule has 0 radical (unpaired) electrons. The van der Waals surface area contributed by atoms with Crippen molar-refractivity contribution in [1.29, 1.82) is 0 Å². The van der Waals surface area contributed by atoms with Gasteiger partial charge in [-0.25, -0.2) is 12.7 Å². The standard InChI is InChI=1S/C13H24N2O6S/c1-10(9-21-2)13(18)15(8-12(16)17)11-4-6-14(7-5-11)22(3,19)20/h10-11H,4-9H2,1-3H3,(H,16,17). The third kappa shape index (κ3) is 5.22. The van der Waals surface area contributed by atoms with Gasteiger partial charge in [0.05, 0.1) is 18.8 Å². The fourth-order valence-corrected chi connectivity index (χ4v) is 3.50. The molecular formula is C13H24N2O6S. The van der Waals surface area contributed by atoms with Crippen molar-refractivity contribution in [3.05, 3.63) is 0 Å². The number of methoxy groups -OCH3 is 1. The summed E-state index contributed by atoms with van der Waals surface area (Å²) in [4.78, 5) is 24.8. The van der Waals surface area contributed by atoms with Crippen LogP contribution in [0.25, 0.3) is 0 Å². The van der Waals surface area contributed by atoms with Crippen LogP contribution in [-0.2, 0) is 24.3 Å². The first-order valence-corrected chi connectivity index (χ1v) is 8.98. The Morgan fingerprint density at radius 2 is 1.91 bits per heavy atom. The molecule has 1 aliphatic heterocycles. The van der Waals surface area contributed by atoms with Gasteiger partial charge < -0.3 is 14.7 Å². The van der Waals surface area contributed by atoms with Crippen LogP contribution in [0.5, 0.6) is 0 Å². The smallest absolute Gasteiger partial charge is 0.323 e. The highest BCUT2D eigenvalue weighted by Crippen LogP contribution is 2.20. The molecule has 0 spiro atoms. The van der Waals surface area contributed by atoms with E-state index in [4.69, 9.17) is 9.84 Å². The predicted molar refractivity (Wildman–Crippen MR) is 79.8 cm³/mol. The third-order valence-electron chi connectivity index (χ3n) is 3.76. The van der Waals surface area contributed by atoms with Crippen molar-refractivity contribution in [1.82, 2.24) is 9.21 Å². The van der Waals surface area contributed by atoms with Crippen LogP contribution in [0, 0.1) is 5.92 Å². The molecule has 1 rings (SSSR count). The summed E-state index contributed by atoms with van der Waals surface area (Å²) < 4.78 is 29.3. The van der Waals surface area contributed by atoms with E-state index in [0.29, 0.717) is 25.9 Å². The van der Waals surface area contributed by atoms with Crippen molar-refractivity contribution in [3.8, 4) is 0 Å². The van der Waals surface area contributed by atoms with E-state index in [-0.39, 0.29) is 25.1 Å². The highest BCUT2D eigenvalue weighted by Gasteiger charge is 2.33. The van der Waals surface area contributed by atoms with Crippen LogP contribution in [0.4, 0.5) is 0 Å².